The number of rotatable bonds is 4. The predicted molar refractivity (Wildman–Crippen MR) is 96.6 cm³/mol. The Hall–Kier alpha value is -2.30. The molecular weight excluding hydrogens is 316 g/mol. The van der Waals surface area contributed by atoms with Crippen LogP contribution in [0, 0.1) is 0 Å². The lowest BCUT2D eigenvalue weighted by atomic mass is 9.89. The van der Waals surface area contributed by atoms with Crippen LogP contribution >= 0.6 is 0 Å². The highest BCUT2D eigenvalue weighted by Gasteiger charge is 2.42. The highest BCUT2D eigenvalue weighted by atomic mass is 16.6. The summed E-state index contributed by atoms with van der Waals surface area (Å²) in [6.07, 6.45) is 2.52. The molecule has 25 heavy (non-hydrogen) atoms. The molecule has 0 amide bonds. The Morgan fingerprint density at radius 1 is 1.24 bits per heavy atom. The molecule has 0 fully saturated rings. The Kier molecular flexibility index (Phi) is 4.84. The summed E-state index contributed by atoms with van der Waals surface area (Å²) in [5, 5.41) is 21.5. The molecule has 4 heteroatoms. The average molecular weight is 340 g/mol. The highest BCUT2D eigenvalue weighted by Crippen LogP contribution is 2.48. The van der Waals surface area contributed by atoms with Gasteiger partial charge in [0.25, 0.3) is 0 Å². The van der Waals surface area contributed by atoms with Crippen molar-refractivity contribution in [2.75, 3.05) is 7.11 Å². The Labute approximate surface area is 148 Å². The molecule has 0 saturated heterocycles. The second-order valence-corrected chi connectivity index (χ2v) is 6.65. The number of hydrogen-bond acceptors (Lipinski definition) is 4. The summed E-state index contributed by atoms with van der Waals surface area (Å²) in [5.41, 5.74) is 3.32. The number of aliphatic hydroxyl groups is 1. The van der Waals surface area contributed by atoms with Gasteiger partial charge in [-0.05, 0) is 32.4 Å². The SMILES string of the molecule is COC1CC(O)(c2ccccc2)Oc2c1ccc(O)c2CC=C(C)C. The fourth-order valence-corrected chi connectivity index (χ4v) is 3.17. The second kappa shape index (κ2) is 6.90. The van der Waals surface area contributed by atoms with E-state index < -0.39 is 5.79 Å². The molecule has 0 aromatic heterocycles. The van der Waals surface area contributed by atoms with Crippen LogP contribution in [0.4, 0.5) is 0 Å². The van der Waals surface area contributed by atoms with Gasteiger partial charge in [0, 0.05) is 30.2 Å². The van der Waals surface area contributed by atoms with Crippen LogP contribution in [0.1, 0.15) is 43.1 Å². The van der Waals surface area contributed by atoms with Gasteiger partial charge in [0.05, 0.1) is 6.10 Å². The second-order valence-electron chi connectivity index (χ2n) is 6.65. The van der Waals surface area contributed by atoms with E-state index in [-0.39, 0.29) is 18.3 Å². The topological polar surface area (TPSA) is 58.9 Å². The number of fused-ring (bicyclic) bond motifs is 1. The maximum absolute atomic E-state index is 11.2. The van der Waals surface area contributed by atoms with Crippen LogP contribution in [0.15, 0.2) is 54.1 Å². The molecule has 0 spiro atoms. The first-order valence-corrected chi connectivity index (χ1v) is 8.42. The minimum atomic E-state index is -1.50. The predicted octanol–water partition coefficient (Wildman–Crippen LogP) is 4.22. The monoisotopic (exact) mass is 340 g/mol. The van der Waals surface area contributed by atoms with Crippen LogP contribution < -0.4 is 4.74 Å². The van der Waals surface area contributed by atoms with Crippen molar-refractivity contribution in [2.24, 2.45) is 0 Å². The van der Waals surface area contributed by atoms with Crippen molar-refractivity contribution >= 4 is 0 Å². The van der Waals surface area contributed by atoms with Gasteiger partial charge in [-0.2, -0.15) is 0 Å². The molecule has 3 rings (SSSR count). The normalized spacial score (nSPS) is 22.0. The molecule has 2 unspecified atom stereocenters. The summed E-state index contributed by atoms with van der Waals surface area (Å²) in [4.78, 5) is 0. The van der Waals surface area contributed by atoms with Crippen LogP contribution in [-0.2, 0) is 16.9 Å². The first-order chi connectivity index (χ1) is 11.9. The fraction of sp³-hybridized carbons (Fsp3) is 0.333. The first kappa shape index (κ1) is 17.5. The lowest BCUT2D eigenvalue weighted by Crippen LogP contribution is -2.39. The fourth-order valence-electron chi connectivity index (χ4n) is 3.17. The quantitative estimate of drug-likeness (QED) is 0.818. The number of allylic oxidation sites excluding steroid dienone is 2. The third-order valence-electron chi connectivity index (χ3n) is 4.57. The third-order valence-corrected chi connectivity index (χ3v) is 4.57. The van der Waals surface area contributed by atoms with Crippen molar-refractivity contribution in [2.45, 2.75) is 38.6 Å². The maximum Gasteiger partial charge on any atom is 0.237 e. The number of phenolic OH excluding ortho intramolecular Hbond substituents is 1. The zero-order chi connectivity index (χ0) is 18.0. The molecule has 2 atom stereocenters. The van der Waals surface area contributed by atoms with Gasteiger partial charge in [-0.1, -0.05) is 42.0 Å². The molecule has 0 bridgehead atoms. The maximum atomic E-state index is 11.2. The summed E-state index contributed by atoms with van der Waals surface area (Å²) >= 11 is 0. The lowest BCUT2D eigenvalue weighted by Gasteiger charge is -2.39. The minimum Gasteiger partial charge on any atom is -0.508 e. The van der Waals surface area contributed by atoms with Crippen molar-refractivity contribution in [3.8, 4) is 11.5 Å². The minimum absolute atomic E-state index is 0.156. The van der Waals surface area contributed by atoms with Gasteiger partial charge >= 0.3 is 0 Å². The van der Waals surface area contributed by atoms with E-state index in [1.54, 1.807) is 19.2 Å². The summed E-state index contributed by atoms with van der Waals surface area (Å²) in [6, 6.07) is 12.7. The molecule has 0 saturated carbocycles. The van der Waals surface area contributed by atoms with Crippen LogP contribution in [0.25, 0.3) is 0 Å². The number of aromatic hydroxyl groups is 1. The van der Waals surface area contributed by atoms with Crippen molar-refractivity contribution < 1.29 is 19.7 Å². The zero-order valence-electron chi connectivity index (χ0n) is 14.8. The van der Waals surface area contributed by atoms with Gasteiger partial charge in [-0.3, -0.25) is 0 Å². The van der Waals surface area contributed by atoms with E-state index in [4.69, 9.17) is 9.47 Å². The van der Waals surface area contributed by atoms with Crippen molar-refractivity contribution in [1.82, 2.24) is 0 Å². The molecule has 1 aliphatic heterocycles. The average Bonchev–Trinajstić information content (AvgIpc) is 2.60. The number of methoxy groups -OCH3 is 1. The molecule has 0 aliphatic carbocycles. The summed E-state index contributed by atoms with van der Waals surface area (Å²) in [5.74, 6) is -0.840. The van der Waals surface area contributed by atoms with Crippen molar-refractivity contribution in [3.05, 3.63) is 70.8 Å². The van der Waals surface area contributed by atoms with Gasteiger partial charge in [0.1, 0.15) is 11.5 Å². The third kappa shape index (κ3) is 3.41. The van der Waals surface area contributed by atoms with E-state index in [1.165, 1.54) is 0 Å². The van der Waals surface area contributed by atoms with Crippen LogP contribution in [0.5, 0.6) is 11.5 Å². The van der Waals surface area contributed by atoms with Crippen molar-refractivity contribution in [3.63, 3.8) is 0 Å². The van der Waals surface area contributed by atoms with Gasteiger partial charge in [-0.25, -0.2) is 0 Å². The van der Waals surface area contributed by atoms with Crippen molar-refractivity contribution in [1.29, 1.82) is 0 Å². The highest BCUT2D eigenvalue weighted by molar-refractivity contribution is 5.53. The standard InChI is InChI=1S/C21H24O4/c1-14(2)9-10-16-18(22)12-11-17-19(24-3)13-21(23,25-20(16)17)15-7-5-4-6-8-15/h4-9,11-12,19,22-23H,10,13H2,1-3H3. The Morgan fingerprint density at radius 2 is 1.96 bits per heavy atom. The number of phenols is 1. The summed E-state index contributed by atoms with van der Waals surface area (Å²) < 4.78 is 11.7. The number of ether oxygens (including phenoxy) is 2. The molecule has 1 heterocycles. The summed E-state index contributed by atoms with van der Waals surface area (Å²) in [6.45, 7) is 4.01. The zero-order valence-corrected chi connectivity index (χ0v) is 14.8. The van der Waals surface area contributed by atoms with Crippen LogP contribution in [0.3, 0.4) is 0 Å². The Bertz CT molecular complexity index is 778. The molecule has 1 aliphatic rings. The van der Waals surface area contributed by atoms with E-state index in [0.29, 0.717) is 23.3 Å². The largest absolute Gasteiger partial charge is 0.508 e. The van der Waals surface area contributed by atoms with E-state index in [2.05, 4.69) is 0 Å². The smallest absolute Gasteiger partial charge is 0.237 e. The number of hydrogen-bond donors (Lipinski definition) is 2. The van der Waals surface area contributed by atoms with Gasteiger partial charge in [-0.15, -0.1) is 0 Å². The van der Waals surface area contributed by atoms with Crippen LogP contribution in [0.2, 0.25) is 0 Å². The van der Waals surface area contributed by atoms with Gasteiger partial charge < -0.3 is 19.7 Å². The van der Waals surface area contributed by atoms with Gasteiger partial charge in [0.15, 0.2) is 0 Å². The number of benzene rings is 2. The molecule has 0 radical (unpaired) electrons. The van der Waals surface area contributed by atoms with E-state index in [0.717, 1.165) is 11.1 Å². The summed E-state index contributed by atoms with van der Waals surface area (Å²) in [7, 11) is 1.62. The Balaban J connectivity index is 2.11. The molecule has 2 aromatic carbocycles. The lowest BCUT2D eigenvalue weighted by molar-refractivity contribution is -0.185. The van der Waals surface area contributed by atoms with Gasteiger partial charge in [0.2, 0.25) is 5.79 Å². The molecule has 4 nitrogen and oxygen atoms in total. The molecule has 2 N–H and O–H groups in total. The van der Waals surface area contributed by atoms with E-state index in [1.807, 2.05) is 50.3 Å². The van der Waals surface area contributed by atoms with Crippen LogP contribution in [-0.4, -0.2) is 17.3 Å². The molecule has 132 valence electrons. The molecular formula is C21H24O4. The Morgan fingerprint density at radius 3 is 2.60 bits per heavy atom. The first-order valence-electron chi connectivity index (χ1n) is 8.42. The van der Waals surface area contributed by atoms with E-state index in [9.17, 15) is 10.2 Å². The van der Waals surface area contributed by atoms with E-state index >= 15 is 0 Å². The molecule has 2 aromatic rings.